The van der Waals surface area contributed by atoms with Gasteiger partial charge in [-0.15, -0.1) is 12.4 Å². The average molecular weight is 466 g/mol. The van der Waals surface area contributed by atoms with E-state index in [0.717, 1.165) is 49.3 Å². The summed E-state index contributed by atoms with van der Waals surface area (Å²) in [5, 5.41) is 7.40. The largest absolute Gasteiger partial charge is 0.456 e. The van der Waals surface area contributed by atoms with Crippen molar-refractivity contribution in [2.24, 2.45) is 0 Å². The molecule has 5 nitrogen and oxygen atoms in total. The quantitative estimate of drug-likeness (QED) is 0.419. The minimum atomic E-state index is -0.374. The molecule has 1 aliphatic rings. The second-order valence-electron chi connectivity index (χ2n) is 7.97. The predicted molar refractivity (Wildman–Crippen MR) is 131 cm³/mol. The lowest BCUT2D eigenvalue weighted by atomic mass is 10.1. The van der Waals surface area contributed by atoms with Gasteiger partial charge in [0.1, 0.15) is 17.2 Å². The first-order valence-corrected chi connectivity index (χ1v) is 10.8. The molecule has 1 aromatic heterocycles. The molecule has 1 fully saturated rings. The first-order chi connectivity index (χ1) is 15.7. The van der Waals surface area contributed by atoms with Gasteiger partial charge in [0.25, 0.3) is 5.91 Å². The summed E-state index contributed by atoms with van der Waals surface area (Å²) in [5.41, 5.74) is 3.89. The fraction of sp³-hybridized carbons (Fsp3) is 0.192. The van der Waals surface area contributed by atoms with E-state index in [-0.39, 0.29) is 24.1 Å². The molecular weight excluding hydrogens is 441 g/mol. The summed E-state index contributed by atoms with van der Waals surface area (Å²) in [6.45, 7) is 4.95. The lowest BCUT2D eigenvalue weighted by Crippen LogP contribution is -2.42. The number of rotatable bonds is 5. The molecule has 1 saturated heterocycles. The van der Waals surface area contributed by atoms with Crippen LogP contribution in [0.1, 0.15) is 15.9 Å². The summed E-state index contributed by atoms with van der Waals surface area (Å²) >= 11 is 0. The summed E-state index contributed by atoms with van der Waals surface area (Å²) in [7, 11) is 0. The SMILES string of the molecule is Cl.O=C(Nc1ccccc1-c1cc2c(CN3CCNCC3)cccc2o1)c1ccc(F)cc1. The van der Waals surface area contributed by atoms with Crippen LogP contribution in [-0.4, -0.2) is 37.0 Å². The van der Waals surface area contributed by atoms with E-state index in [0.29, 0.717) is 17.0 Å². The van der Waals surface area contributed by atoms with Crippen molar-refractivity contribution >= 4 is 35.0 Å². The maximum Gasteiger partial charge on any atom is 0.255 e. The van der Waals surface area contributed by atoms with Gasteiger partial charge in [-0.2, -0.15) is 0 Å². The summed E-state index contributed by atoms with van der Waals surface area (Å²) in [6.07, 6.45) is 0. The molecule has 0 aliphatic carbocycles. The second kappa shape index (κ2) is 10.2. The molecule has 2 heterocycles. The number of hydrogen-bond donors (Lipinski definition) is 2. The van der Waals surface area contributed by atoms with Crippen LogP contribution >= 0.6 is 12.4 Å². The van der Waals surface area contributed by atoms with Crippen LogP contribution < -0.4 is 10.6 Å². The van der Waals surface area contributed by atoms with Crippen molar-refractivity contribution in [3.63, 3.8) is 0 Å². The molecule has 1 amide bonds. The topological polar surface area (TPSA) is 57.5 Å². The van der Waals surface area contributed by atoms with Gasteiger partial charge in [-0.25, -0.2) is 4.39 Å². The van der Waals surface area contributed by atoms with Crippen LogP contribution in [0, 0.1) is 5.82 Å². The highest BCUT2D eigenvalue weighted by Gasteiger charge is 2.17. The van der Waals surface area contributed by atoms with E-state index in [1.54, 1.807) is 0 Å². The zero-order valence-corrected chi connectivity index (χ0v) is 18.8. The minimum Gasteiger partial charge on any atom is -0.456 e. The zero-order chi connectivity index (χ0) is 21.9. The highest BCUT2D eigenvalue weighted by Crippen LogP contribution is 2.34. The number of carbonyl (C=O) groups is 1. The molecule has 5 rings (SSSR count). The third-order valence-corrected chi connectivity index (χ3v) is 5.80. The minimum absolute atomic E-state index is 0. The number of hydrogen-bond acceptors (Lipinski definition) is 4. The summed E-state index contributed by atoms with van der Waals surface area (Å²) in [5.74, 6) is 0.0246. The van der Waals surface area contributed by atoms with E-state index < -0.39 is 0 Å². The van der Waals surface area contributed by atoms with Crippen LogP contribution in [-0.2, 0) is 6.54 Å². The molecule has 2 N–H and O–H groups in total. The molecule has 7 heteroatoms. The molecule has 0 unspecified atom stereocenters. The monoisotopic (exact) mass is 465 g/mol. The van der Waals surface area contributed by atoms with Crippen LogP contribution in [0.3, 0.4) is 0 Å². The molecular formula is C26H25ClFN3O2. The number of para-hydroxylation sites is 1. The van der Waals surface area contributed by atoms with Crippen LogP contribution in [0.15, 0.2) is 77.2 Å². The van der Waals surface area contributed by atoms with Crippen LogP contribution in [0.25, 0.3) is 22.3 Å². The molecule has 0 atom stereocenters. The highest BCUT2D eigenvalue weighted by atomic mass is 35.5. The Kier molecular flexibility index (Phi) is 7.08. The summed E-state index contributed by atoms with van der Waals surface area (Å²) in [6, 6.07) is 21.2. The maximum absolute atomic E-state index is 13.2. The lowest BCUT2D eigenvalue weighted by molar-refractivity contribution is 0.102. The molecule has 0 saturated carbocycles. The van der Waals surface area contributed by atoms with Crippen LogP contribution in [0.5, 0.6) is 0 Å². The Morgan fingerprint density at radius 1 is 1.00 bits per heavy atom. The van der Waals surface area contributed by atoms with Gasteiger partial charge >= 0.3 is 0 Å². The van der Waals surface area contributed by atoms with Crippen molar-refractivity contribution in [1.82, 2.24) is 10.2 Å². The first kappa shape index (κ1) is 23.0. The van der Waals surface area contributed by atoms with Crippen LogP contribution in [0.4, 0.5) is 10.1 Å². The summed E-state index contributed by atoms with van der Waals surface area (Å²) < 4.78 is 19.4. The predicted octanol–water partition coefficient (Wildman–Crippen LogP) is 5.32. The number of amides is 1. The van der Waals surface area contributed by atoms with Crippen molar-refractivity contribution < 1.29 is 13.6 Å². The third-order valence-electron chi connectivity index (χ3n) is 5.80. The average Bonchev–Trinajstić information content (AvgIpc) is 3.26. The number of halogens is 2. The lowest BCUT2D eigenvalue weighted by Gasteiger charge is -2.27. The number of carbonyl (C=O) groups excluding carboxylic acids is 1. The fourth-order valence-electron chi connectivity index (χ4n) is 4.10. The summed E-state index contributed by atoms with van der Waals surface area (Å²) in [4.78, 5) is 15.1. The normalized spacial score (nSPS) is 14.1. The molecule has 170 valence electrons. The van der Waals surface area contributed by atoms with Gasteiger partial charge in [0.2, 0.25) is 0 Å². The van der Waals surface area contributed by atoms with Crippen molar-refractivity contribution in [3.05, 3.63) is 89.7 Å². The van der Waals surface area contributed by atoms with Gasteiger partial charge in [0.05, 0.1) is 5.69 Å². The number of nitrogens with one attached hydrogen (secondary N) is 2. The van der Waals surface area contributed by atoms with E-state index in [4.69, 9.17) is 4.42 Å². The van der Waals surface area contributed by atoms with Gasteiger partial charge in [0, 0.05) is 49.2 Å². The van der Waals surface area contributed by atoms with Crippen molar-refractivity contribution in [2.45, 2.75) is 6.54 Å². The van der Waals surface area contributed by atoms with Crippen molar-refractivity contribution in [1.29, 1.82) is 0 Å². The van der Waals surface area contributed by atoms with E-state index >= 15 is 0 Å². The fourth-order valence-corrected chi connectivity index (χ4v) is 4.10. The van der Waals surface area contributed by atoms with E-state index in [1.165, 1.54) is 29.8 Å². The Bertz CT molecular complexity index is 1250. The Morgan fingerprint density at radius 2 is 1.76 bits per heavy atom. The molecule has 3 aromatic carbocycles. The van der Waals surface area contributed by atoms with Crippen molar-refractivity contribution in [2.75, 3.05) is 31.5 Å². The number of nitrogens with zero attached hydrogens (tertiary/aromatic N) is 1. The molecule has 0 bridgehead atoms. The third kappa shape index (κ3) is 5.09. The zero-order valence-electron chi connectivity index (χ0n) is 18.0. The smallest absolute Gasteiger partial charge is 0.255 e. The maximum atomic E-state index is 13.2. The number of furan rings is 1. The van der Waals surface area contributed by atoms with Crippen molar-refractivity contribution in [3.8, 4) is 11.3 Å². The number of benzene rings is 3. The first-order valence-electron chi connectivity index (χ1n) is 10.8. The van der Waals surface area contributed by atoms with Gasteiger partial charge in [-0.05, 0) is 54.1 Å². The van der Waals surface area contributed by atoms with Gasteiger partial charge < -0.3 is 15.1 Å². The van der Waals surface area contributed by atoms with Gasteiger partial charge in [-0.3, -0.25) is 9.69 Å². The highest BCUT2D eigenvalue weighted by molar-refractivity contribution is 6.06. The molecule has 4 aromatic rings. The Morgan fingerprint density at radius 3 is 2.55 bits per heavy atom. The van der Waals surface area contributed by atoms with Crippen LogP contribution in [0.2, 0.25) is 0 Å². The number of piperazine rings is 1. The molecule has 0 spiro atoms. The van der Waals surface area contributed by atoms with E-state index in [1.807, 2.05) is 36.4 Å². The Hall–Kier alpha value is -3.19. The van der Waals surface area contributed by atoms with E-state index in [9.17, 15) is 9.18 Å². The number of anilines is 1. The second-order valence-corrected chi connectivity index (χ2v) is 7.97. The Balaban J connectivity index is 0.00000259. The van der Waals surface area contributed by atoms with Gasteiger partial charge in [0.15, 0.2) is 0 Å². The molecule has 33 heavy (non-hydrogen) atoms. The molecule has 0 radical (unpaired) electrons. The standard InChI is InChI=1S/C26H24FN3O2.ClH/c27-20-10-8-18(9-11-20)26(31)29-23-6-2-1-5-21(23)25-16-22-19(4-3-7-24(22)32-25)17-30-14-12-28-13-15-30;/h1-11,16,28H,12-15,17H2,(H,29,31);1H. The van der Waals surface area contributed by atoms with Gasteiger partial charge in [-0.1, -0.05) is 24.3 Å². The van der Waals surface area contributed by atoms with E-state index in [2.05, 4.69) is 27.7 Å². The Labute approximate surface area is 198 Å². The molecule has 1 aliphatic heterocycles. The number of fused-ring (bicyclic) bond motifs is 1.